The van der Waals surface area contributed by atoms with E-state index in [1.165, 1.54) is 16.7 Å². The van der Waals surface area contributed by atoms with Gasteiger partial charge in [-0.1, -0.05) is 65.5 Å². The molecule has 32 heavy (non-hydrogen) atoms. The van der Waals surface area contributed by atoms with Crippen LogP contribution in [0.3, 0.4) is 0 Å². The molecule has 2 aromatic carbocycles. The second kappa shape index (κ2) is 12.5. The van der Waals surface area contributed by atoms with Crippen molar-refractivity contribution in [2.75, 3.05) is 5.75 Å². The summed E-state index contributed by atoms with van der Waals surface area (Å²) in [6, 6.07) is 11.0. The van der Waals surface area contributed by atoms with Gasteiger partial charge in [-0.2, -0.15) is 0 Å². The van der Waals surface area contributed by atoms with Crippen LogP contribution in [0.4, 0.5) is 0 Å². The number of thioether (sulfide) groups is 1. The molecular weight excluding hydrogens is 463 g/mol. The molecule has 2 aromatic rings. The van der Waals surface area contributed by atoms with Gasteiger partial charge in [-0.25, -0.2) is 0 Å². The highest BCUT2D eigenvalue weighted by atomic mass is 35.5. The Morgan fingerprint density at radius 2 is 1.66 bits per heavy atom. The Balaban J connectivity index is 2.21. The number of carbonyl (C=O) groups excluding carboxylic acids is 2. The van der Waals surface area contributed by atoms with Crippen molar-refractivity contribution in [2.24, 2.45) is 0 Å². The number of amides is 2. The lowest BCUT2D eigenvalue weighted by atomic mass is 10.1. The summed E-state index contributed by atoms with van der Waals surface area (Å²) in [6.07, 6.45) is 0.494. The van der Waals surface area contributed by atoms with Crippen LogP contribution in [0.25, 0.3) is 0 Å². The monoisotopic (exact) mass is 494 g/mol. The van der Waals surface area contributed by atoms with Gasteiger partial charge in [0.2, 0.25) is 11.8 Å². The van der Waals surface area contributed by atoms with Gasteiger partial charge in [0.15, 0.2) is 0 Å². The fourth-order valence-corrected chi connectivity index (χ4v) is 5.01. The van der Waals surface area contributed by atoms with Crippen LogP contribution in [0.1, 0.15) is 49.4 Å². The Labute approximate surface area is 206 Å². The first-order chi connectivity index (χ1) is 15.1. The van der Waals surface area contributed by atoms with Crippen molar-refractivity contribution in [2.45, 2.75) is 65.4 Å². The molecule has 0 spiro atoms. The molecule has 174 valence electrons. The summed E-state index contributed by atoms with van der Waals surface area (Å²) in [4.78, 5) is 27.8. The van der Waals surface area contributed by atoms with Crippen molar-refractivity contribution in [1.82, 2.24) is 10.2 Å². The second-order valence-electron chi connectivity index (χ2n) is 8.30. The minimum Gasteiger partial charge on any atom is -0.352 e. The third-order valence-corrected chi connectivity index (χ3v) is 6.68. The molecule has 0 aromatic heterocycles. The molecule has 0 saturated carbocycles. The van der Waals surface area contributed by atoms with Gasteiger partial charge in [-0.05, 0) is 51.8 Å². The van der Waals surface area contributed by atoms with Crippen LogP contribution in [0.15, 0.2) is 36.4 Å². The van der Waals surface area contributed by atoms with Crippen LogP contribution in [-0.2, 0) is 21.9 Å². The molecule has 0 fully saturated rings. The number of carbonyl (C=O) groups is 2. The zero-order valence-electron chi connectivity index (χ0n) is 19.4. The Bertz CT molecular complexity index is 909. The van der Waals surface area contributed by atoms with Gasteiger partial charge in [0.05, 0.1) is 5.75 Å². The smallest absolute Gasteiger partial charge is 0.243 e. The van der Waals surface area contributed by atoms with Gasteiger partial charge in [0, 0.05) is 33.9 Å². The third-order valence-electron chi connectivity index (χ3n) is 4.98. The average Bonchev–Trinajstić information content (AvgIpc) is 2.68. The molecule has 1 N–H and O–H groups in total. The minimum absolute atomic E-state index is 0.0173. The summed E-state index contributed by atoms with van der Waals surface area (Å²) in [5, 5.41) is 3.90. The van der Waals surface area contributed by atoms with Crippen molar-refractivity contribution < 1.29 is 9.59 Å². The molecule has 0 bridgehead atoms. The van der Waals surface area contributed by atoms with Crippen molar-refractivity contribution in [3.8, 4) is 0 Å². The molecule has 2 rings (SSSR count). The van der Waals surface area contributed by atoms with Crippen LogP contribution in [0.5, 0.6) is 0 Å². The number of hydrogen-bond acceptors (Lipinski definition) is 3. The molecule has 0 radical (unpaired) electrons. The number of aryl methyl sites for hydroxylation is 2. The van der Waals surface area contributed by atoms with Crippen molar-refractivity contribution in [1.29, 1.82) is 0 Å². The van der Waals surface area contributed by atoms with E-state index in [0.29, 0.717) is 22.0 Å². The standard InChI is InChI=1S/C25H32Cl2N2O2S/c1-6-23(25(31)28-16(2)3)29(13-20-21(26)8-7-9-22(20)27)24(30)15-32-14-19-11-17(4)10-18(5)12-19/h7-12,16,23H,6,13-15H2,1-5H3,(H,28,31)/t23-/m0/s1. The van der Waals surface area contributed by atoms with Crippen LogP contribution >= 0.6 is 35.0 Å². The van der Waals surface area contributed by atoms with Gasteiger partial charge in [-0.3, -0.25) is 9.59 Å². The summed E-state index contributed by atoms with van der Waals surface area (Å²) >= 11 is 14.3. The number of nitrogens with one attached hydrogen (secondary N) is 1. The maximum atomic E-state index is 13.3. The number of hydrogen-bond donors (Lipinski definition) is 1. The van der Waals surface area contributed by atoms with E-state index in [9.17, 15) is 9.59 Å². The van der Waals surface area contributed by atoms with E-state index in [0.717, 1.165) is 5.75 Å². The summed E-state index contributed by atoms with van der Waals surface area (Å²) in [6.45, 7) is 10.0. The Kier molecular flexibility index (Phi) is 10.4. The predicted octanol–water partition coefficient (Wildman–Crippen LogP) is 6.18. The first-order valence-corrected chi connectivity index (χ1v) is 12.7. The first kappa shape index (κ1) is 26.6. The van der Waals surface area contributed by atoms with Gasteiger partial charge in [-0.15, -0.1) is 11.8 Å². The molecule has 0 aliphatic rings. The van der Waals surface area contributed by atoms with E-state index in [-0.39, 0.29) is 30.2 Å². The van der Waals surface area contributed by atoms with Gasteiger partial charge in [0.1, 0.15) is 6.04 Å². The molecule has 7 heteroatoms. The average molecular weight is 496 g/mol. The molecule has 0 saturated heterocycles. The van der Waals surface area contributed by atoms with Crippen LogP contribution in [0, 0.1) is 13.8 Å². The number of nitrogens with zero attached hydrogens (tertiary/aromatic N) is 1. The van der Waals surface area contributed by atoms with E-state index in [1.54, 1.807) is 34.9 Å². The maximum Gasteiger partial charge on any atom is 0.243 e. The fraction of sp³-hybridized carbons (Fsp3) is 0.440. The molecule has 1 atom stereocenters. The van der Waals surface area contributed by atoms with E-state index in [4.69, 9.17) is 23.2 Å². The van der Waals surface area contributed by atoms with Gasteiger partial charge >= 0.3 is 0 Å². The molecule has 0 unspecified atom stereocenters. The van der Waals surface area contributed by atoms with Gasteiger partial charge in [0.25, 0.3) is 0 Å². The fourth-order valence-electron chi connectivity index (χ4n) is 3.65. The second-order valence-corrected chi connectivity index (χ2v) is 10.1. The largest absolute Gasteiger partial charge is 0.352 e. The minimum atomic E-state index is -0.598. The maximum absolute atomic E-state index is 13.3. The summed E-state index contributed by atoms with van der Waals surface area (Å²) in [5.41, 5.74) is 4.25. The number of halogens is 2. The molecular formula is C25H32Cl2N2O2S. The normalized spacial score (nSPS) is 12.0. The topological polar surface area (TPSA) is 49.4 Å². The summed E-state index contributed by atoms with van der Waals surface area (Å²) in [5.74, 6) is 0.712. The van der Waals surface area contributed by atoms with E-state index in [1.807, 2.05) is 20.8 Å². The van der Waals surface area contributed by atoms with Crippen molar-refractivity contribution in [3.05, 3.63) is 68.7 Å². The Morgan fingerprint density at radius 3 is 2.19 bits per heavy atom. The molecule has 0 heterocycles. The van der Waals surface area contributed by atoms with E-state index in [2.05, 4.69) is 37.4 Å². The predicted molar refractivity (Wildman–Crippen MR) is 136 cm³/mol. The molecule has 2 amide bonds. The zero-order valence-corrected chi connectivity index (χ0v) is 21.7. The van der Waals surface area contributed by atoms with Crippen LogP contribution < -0.4 is 5.32 Å². The van der Waals surface area contributed by atoms with E-state index >= 15 is 0 Å². The Hall–Kier alpha value is -1.69. The van der Waals surface area contributed by atoms with Crippen molar-refractivity contribution in [3.63, 3.8) is 0 Å². The van der Waals surface area contributed by atoms with Crippen molar-refractivity contribution >= 4 is 46.8 Å². The highest BCUT2D eigenvalue weighted by molar-refractivity contribution is 7.99. The molecule has 0 aliphatic carbocycles. The highest BCUT2D eigenvalue weighted by Crippen LogP contribution is 2.27. The highest BCUT2D eigenvalue weighted by Gasteiger charge is 2.29. The van der Waals surface area contributed by atoms with Crippen LogP contribution in [0.2, 0.25) is 10.0 Å². The quantitative estimate of drug-likeness (QED) is 0.429. The SMILES string of the molecule is CC[C@@H](C(=O)NC(C)C)N(Cc1c(Cl)cccc1Cl)C(=O)CSCc1cc(C)cc(C)c1. The molecule has 0 aliphatic heterocycles. The summed E-state index contributed by atoms with van der Waals surface area (Å²) < 4.78 is 0. The van der Waals surface area contributed by atoms with Gasteiger partial charge < -0.3 is 10.2 Å². The van der Waals surface area contributed by atoms with Crippen LogP contribution in [-0.4, -0.2) is 34.6 Å². The first-order valence-electron chi connectivity index (χ1n) is 10.8. The lowest BCUT2D eigenvalue weighted by Crippen LogP contribution is -2.51. The molecule has 4 nitrogen and oxygen atoms in total. The summed E-state index contributed by atoms with van der Waals surface area (Å²) in [7, 11) is 0. The lowest BCUT2D eigenvalue weighted by molar-refractivity contribution is -0.139. The van der Waals surface area contributed by atoms with E-state index < -0.39 is 6.04 Å². The number of rotatable bonds is 10. The zero-order chi connectivity index (χ0) is 23.8. The lowest BCUT2D eigenvalue weighted by Gasteiger charge is -2.31. The number of benzene rings is 2. The Morgan fingerprint density at radius 1 is 1.06 bits per heavy atom. The third kappa shape index (κ3) is 7.72.